The molecule has 0 bridgehead atoms. The molecule has 2 rings (SSSR count). The van der Waals surface area contributed by atoms with Crippen molar-refractivity contribution >= 4 is 17.5 Å². The number of hydrogen-bond donors (Lipinski definition) is 1. The minimum absolute atomic E-state index is 0.0202. The number of nitrogens with one attached hydrogen (secondary N) is 1. The molecule has 1 aromatic carbocycles. The molecule has 1 N–H and O–H groups in total. The van der Waals surface area contributed by atoms with Crippen LogP contribution in [0.1, 0.15) is 33.6 Å². The zero-order chi connectivity index (χ0) is 15.4. The second kappa shape index (κ2) is 6.74. The van der Waals surface area contributed by atoms with E-state index in [1.165, 1.54) is 0 Å². The fourth-order valence-corrected chi connectivity index (χ4v) is 2.48. The quantitative estimate of drug-likeness (QED) is 0.874. The van der Waals surface area contributed by atoms with Gasteiger partial charge in [-0.2, -0.15) is 0 Å². The highest BCUT2D eigenvalue weighted by Gasteiger charge is 2.49. The molecule has 0 aromatic heterocycles. The molecular weight excluding hydrogens is 264 g/mol. The number of carbonyl (C=O) groups excluding carboxylic acids is 2. The van der Waals surface area contributed by atoms with Crippen molar-refractivity contribution in [2.24, 2.45) is 11.8 Å². The number of rotatable bonds is 6. The van der Waals surface area contributed by atoms with E-state index in [2.05, 4.69) is 5.32 Å². The van der Waals surface area contributed by atoms with Crippen molar-refractivity contribution < 1.29 is 9.59 Å². The van der Waals surface area contributed by atoms with Crippen LogP contribution in [-0.2, 0) is 9.59 Å². The number of hydrogen-bond acceptors (Lipinski definition) is 2. The number of anilines is 1. The summed E-state index contributed by atoms with van der Waals surface area (Å²) in [6.45, 7) is 6.61. The lowest BCUT2D eigenvalue weighted by Crippen LogP contribution is -2.36. The second-order valence-corrected chi connectivity index (χ2v) is 5.68. The summed E-state index contributed by atoms with van der Waals surface area (Å²) >= 11 is 0. The molecule has 3 unspecified atom stereocenters. The highest BCUT2D eigenvalue weighted by molar-refractivity contribution is 6.01. The normalized spacial score (nSPS) is 21.5. The average Bonchev–Trinajstić information content (AvgIpc) is 3.29. The topological polar surface area (TPSA) is 49.4 Å². The molecule has 1 saturated carbocycles. The van der Waals surface area contributed by atoms with Gasteiger partial charge in [0.25, 0.3) is 0 Å². The molecule has 0 spiro atoms. The summed E-state index contributed by atoms with van der Waals surface area (Å²) in [6, 6.07) is 9.80. The van der Waals surface area contributed by atoms with E-state index in [1.807, 2.05) is 51.1 Å². The minimum Gasteiger partial charge on any atom is -0.353 e. The lowest BCUT2D eigenvalue weighted by Gasteiger charge is -2.21. The van der Waals surface area contributed by atoms with Gasteiger partial charge < -0.3 is 10.2 Å². The van der Waals surface area contributed by atoms with Gasteiger partial charge in [0.05, 0.1) is 11.8 Å². The predicted molar refractivity (Wildman–Crippen MR) is 84.0 cm³/mol. The van der Waals surface area contributed by atoms with Gasteiger partial charge in [0.15, 0.2) is 0 Å². The van der Waals surface area contributed by atoms with E-state index < -0.39 is 0 Å². The first-order valence-corrected chi connectivity index (χ1v) is 7.75. The molecule has 1 aliphatic rings. The van der Waals surface area contributed by atoms with Gasteiger partial charge in [0.2, 0.25) is 11.8 Å². The summed E-state index contributed by atoms with van der Waals surface area (Å²) in [5.74, 6) is -0.224. The van der Waals surface area contributed by atoms with Crippen molar-refractivity contribution in [1.82, 2.24) is 5.32 Å². The molecule has 0 radical (unpaired) electrons. The van der Waals surface area contributed by atoms with Crippen molar-refractivity contribution in [2.45, 2.75) is 39.7 Å². The van der Waals surface area contributed by atoms with Crippen LogP contribution in [0.4, 0.5) is 5.69 Å². The van der Waals surface area contributed by atoms with Gasteiger partial charge in [0, 0.05) is 18.3 Å². The van der Waals surface area contributed by atoms with Gasteiger partial charge in [-0.3, -0.25) is 9.59 Å². The van der Waals surface area contributed by atoms with Gasteiger partial charge in [-0.25, -0.2) is 0 Å². The van der Waals surface area contributed by atoms with Crippen molar-refractivity contribution in [3.8, 4) is 0 Å². The van der Waals surface area contributed by atoms with Crippen molar-refractivity contribution in [1.29, 1.82) is 0 Å². The smallest absolute Gasteiger partial charge is 0.230 e. The molecule has 4 heteroatoms. The number of para-hydroxylation sites is 1. The maximum Gasteiger partial charge on any atom is 0.230 e. The van der Waals surface area contributed by atoms with Crippen molar-refractivity contribution in [3.63, 3.8) is 0 Å². The Hall–Kier alpha value is -1.84. The Balaban J connectivity index is 1.97. The van der Waals surface area contributed by atoms with E-state index in [0.717, 1.165) is 12.1 Å². The van der Waals surface area contributed by atoms with E-state index >= 15 is 0 Å². The molecular formula is C17H24N2O2. The first-order valence-electron chi connectivity index (χ1n) is 7.75. The summed E-state index contributed by atoms with van der Waals surface area (Å²) in [4.78, 5) is 26.4. The summed E-state index contributed by atoms with van der Waals surface area (Å²) in [6.07, 6.45) is 1.58. The van der Waals surface area contributed by atoms with Gasteiger partial charge in [0.1, 0.15) is 0 Å². The molecule has 0 saturated heterocycles. The van der Waals surface area contributed by atoms with Crippen LogP contribution in [0.3, 0.4) is 0 Å². The van der Waals surface area contributed by atoms with E-state index in [1.54, 1.807) is 4.90 Å². The van der Waals surface area contributed by atoms with Crippen LogP contribution in [0.2, 0.25) is 0 Å². The Bertz CT molecular complexity index is 501. The van der Waals surface area contributed by atoms with Crippen LogP contribution in [0.25, 0.3) is 0 Å². The highest BCUT2D eigenvalue weighted by atomic mass is 16.2. The summed E-state index contributed by atoms with van der Waals surface area (Å²) < 4.78 is 0. The van der Waals surface area contributed by atoms with Crippen LogP contribution in [-0.4, -0.2) is 24.4 Å². The standard InChI is InChI=1S/C17H24N2O2/c1-4-12(3)18-16(20)14-11-15(14)17(21)19(5-2)13-9-7-6-8-10-13/h6-10,12,14-15H,4-5,11H2,1-3H3,(H,18,20). The number of amides is 2. The number of benzene rings is 1. The zero-order valence-corrected chi connectivity index (χ0v) is 13.0. The SMILES string of the molecule is CCC(C)NC(=O)C1CC1C(=O)N(CC)c1ccccc1. The molecule has 1 aliphatic carbocycles. The summed E-state index contributed by atoms with van der Waals surface area (Å²) in [5, 5.41) is 2.96. The largest absolute Gasteiger partial charge is 0.353 e. The first kappa shape index (κ1) is 15.5. The van der Waals surface area contributed by atoms with Crippen LogP contribution >= 0.6 is 0 Å². The van der Waals surface area contributed by atoms with Gasteiger partial charge in [-0.1, -0.05) is 25.1 Å². The van der Waals surface area contributed by atoms with Crippen LogP contribution < -0.4 is 10.2 Å². The molecule has 4 nitrogen and oxygen atoms in total. The number of nitrogens with zero attached hydrogens (tertiary/aromatic N) is 1. The van der Waals surface area contributed by atoms with Gasteiger partial charge >= 0.3 is 0 Å². The molecule has 1 aromatic rings. The van der Waals surface area contributed by atoms with Gasteiger partial charge in [-0.15, -0.1) is 0 Å². The maximum absolute atomic E-state index is 12.6. The third-order valence-corrected chi connectivity index (χ3v) is 4.10. The fraction of sp³-hybridized carbons (Fsp3) is 0.529. The molecule has 0 heterocycles. The lowest BCUT2D eigenvalue weighted by atomic mass is 10.2. The van der Waals surface area contributed by atoms with Crippen molar-refractivity contribution in [2.75, 3.05) is 11.4 Å². The molecule has 114 valence electrons. The van der Waals surface area contributed by atoms with Crippen molar-refractivity contribution in [3.05, 3.63) is 30.3 Å². The Labute approximate surface area is 126 Å². The Kier molecular flexibility index (Phi) is 4.99. The monoisotopic (exact) mass is 288 g/mol. The molecule has 0 aliphatic heterocycles. The fourth-order valence-electron chi connectivity index (χ4n) is 2.48. The Morgan fingerprint density at radius 2 is 1.90 bits per heavy atom. The molecule has 3 atom stereocenters. The van der Waals surface area contributed by atoms with E-state index in [0.29, 0.717) is 13.0 Å². The Morgan fingerprint density at radius 1 is 1.24 bits per heavy atom. The average molecular weight is 288 g/mol. The van der Waals surface area contributed by atoms with E-state index in [9.17, 15) is 9.59 Å². The maximum atomic E-state index is 12.6. The number of carbonyl (C=O) groups is 2. The lowest BCUT2D eigenvalue weighted by molar-refractivity contribution is -0.126. The molecule has 1 fully saturated rings. The first-order chi connectivity index (χ1) is 10.1. The second-order valence-electron chi connectivity index (χ2n) is 5.68. The summed E-state index contributed by atoms with van der Waals surface area (Å²) in [7, 11) is 0. The van der Waals surface area contributed by atoms with Crippen LogP contribution in [0.5, 0.6) is 0 Å². The minimum atomic E-state index is -0.158. The van der Waals surface area contributed by atoms with E-state index in [4.69, 9.17) is 0 Å². The molecule has 21 heavy (non-hydrogen) atoms. The third-order valence-electron chi connectivity index (χ3n) is 4.10. The van der Waals surface area contributed by atoms with E-state index in [-0.39, 0.29) is 29.7 Å². The predicted octanol–water partition coefficient (Wildman–Crippen LogP) is 2.59. The Morgan fingerprint density at radius 3 is 2.48 bits per heavy atom. The highest BCUT2D eigenvalue weighted by Crippen LogP contribution is 2.41. The third kappa shape index (κ3) is 3.63. The van der Waals surface area contributed by atoms with Gasteiger partial charge in [-0.05, 0) is 38.8 Å². The van der Waals surface area contributed by atoms with Crippen LogP contribution in [0, 0.1) is 11.8 Å². The molecule has 2 amide bonds. The zero-order valence-electron chi connectivity index (χ0n) is 13.0. The summed E-state index contributed by atoms with van der Waals surface area (Å²) in [5.41, 5.74) is 0.901. The van der Waals surface area contributed by atoms with Crippen LogP contribution in [0.15, 0.2) is 30.3 Å².